The zero-order valence-electron chi connectivity index (χ0n) is 12.3. The number of carbonyl (C=O) groups excluding carboxylic acids is 1. The molecule has 0 radical (unpaired) electrons. The standard InChI is InChI=1S/C15H22N2O3/c1-11-8-17(9-12(2)20-11)10-15(18)16-13-6-4-5-7-14(13)19-3/h4-7,11-12H,8-10H2,1-3H3,(H,16,18)/p+1/t11-,12-/m0/s1. The molecule has 1 amide bonds. The van der Waals surface area contributed by atoms with Crippen molar-refractivity contribution in [2.45, 2.75) is 26.1 Å². The van der Waals surface area contributed by atoms with E-state index in [0.29, 0.717) is 18.0 Å². The molecule has 2 rings (SSSR count). The molecule has 0 bridgehead atoms. The highest BCUT2D eigenvalue weighted by atomic mass is 16.5. The quantitative estimate of drug-likeness (QED) is 0.835. The zero-order chi connectivity index (χ0) is 14.5. The molecule has 1 aliphatic heterocycles. The van der Waals surface area contributed by atoms with E-state index in [0.717, 1.165) is 13.1 Å². The van der Waals surface area contributed by atoms with Crippen LogP contribution < -0.4 is 15.0 Å². The molecular weight excluding hydrogens is 256 g/mol. The van der Waals surface area contributed by atoms with Gasteiger partial charge >= 0.3 is 0 Å². The van der Waals surface area contributed by atoms with Gasteiger partial charge in [-0.25, -0.2) is 0 Å². The molecule has 0 saturated carbocycles. The molecule has 0 spiro atoms. The molecule has 1 heterocycles. The Morgan fingerprint density at radius 3 is 2.65 bits per heavy atom. The highest BCUT2D eigenvalue weighted by molar-refractivity contribution is 5.92. The monoisotopic (exact) mass is 279 g/mol. The molecule has 1 aromatic rings. The van der Waals surface area contributed by atoms with Gasteiger partial charge in [-0.15, -0.1) is 0 Å². The number of carbonyl (C=O) groups is 1. The van der Waals surface area contributed by atoms with Crippen LogP contribution in [0, 0.1) is 0 Å². The zero-order valence-corrected chi connectivity index (χ0v) is 12.3. The van der Waals surface area contributed by atoms with Gasteiger partial charge in [0.1, 0.15) is 31.0 Å². The highest BCUT2D eigenvalue weighted by Gasteiger charge is 2.27. The van der Waals surface area contributed by atoms with Gasteiger partial charge < -0.3 is 19.7 Å². The Bertz CT molecular complexity index is 454. The number of anilines is 1. The molecule has 1 fully saturated rings. The van der Waals surface area contributed by atoms with Gasteiger partial charge in [0.05, 0.1) is 12.8 Å². The normalized spacial score (nSPS) is 26.1. The lowest BCUT2D eigenvalue weighted by Crippen LogP contribution is -3.16. The summed E-state index contributed by atoms with van der Waals surface area (Å²) in [5.41, 5.74) is 0.716. The molecule has 1 aromatic carbocycles. The third kappa shape index (κ3) is 3.95. The summed E-state index contributed by atoms with van der Waals surface area (Å²) >= 11 is 0. The van der Waals surface area contributed by atoms with Crippen LogP contribution >= 0.6 is 0 Å². The van der Waals surface area contributed by atoms with Crippen molar-refractivity contribution in [1.29, 1.82) is 0 Å². The minimum absolute atomic E-state index is 0.00537. The van der Waals surface area contributed by atoms with Crippen molar-refractivity contribution in [1.82, 2.24) is 0 Å². The smallest absolute Gasteiger partial charge is 0.279 e. The summed E-state index contributed by atoms with van der Waals surface area (Å²) in [6.45, 7) is 6.28. The van der Waals surface area contributed by atoms with Crippen molar-refractivity contribution in [3.63, 3.8) is 0 Å². The van der Waals surface area contributed by atoms with E-state index < -0.39 is 0 Å². The molecule has 2 atom stereocenters. The average Bonchev–Trinajstić information content (AvgIpc) is 2.37. The van der Waals surface area contributed by atoms with E-state index in [1.54, 1.807) is 7.11 Å². The first-order valence-corrected chi connectivity index (χ1v) is 7.00. The Kier molecular flexibility index (Phi) is 4.98. The van der Waals surface area contributed by atoms with Gasteiger partial charge in [0.15, 0.2) is 6.54 Å². The van der Waals surface area contributed by atoms with Crippen LogP contribution in [-0.4, -0.2) is 44.9 Å². The van der Waals surface area contributed by atoms with Crippen LogP contribution in [0.1, 0.15) is 13.8 Å². The summed E-state index contributed by atoms with van der Waals surface area (Å²) in [7, 11) is 1.60. The number of hydrogen-bond acceptors (Lipinski definition) is 3. The predicted molar refractivity (Wildman–Crippen MR) is 77.2 cm³/mol. The first-order valence-electron chi connectivity index (χ1n) is 7.00. The Morgan fingerprint density at radius 2 is 2.00 bits per heavy atom. The van der Waals surface area contributed by atoms with E-state index in [9.17, 15) is 4.79 Å². The average molecular weight is 279 g/mol. The number of para-hydroxylation sites is 2. The number of nitrogens with one attached hydrogen (secondary N) is 2. The first-order chi connectivity index (χ1) is 9.58. The fourth-order valence-electron chi connectivity index (χ4n) is 2.70. The van der Waals surface area contributed by atoms with Crippen LogP contribution in [0.2, 0.25) is 0 Å². The Balaban J connectivity index is 1.92. The number of rotatable bonds is 4. The highest BCUT2D eigenvalue weighted by Crippen LogP contribution is 2.22. The van der Waals surface area contributed by atoms with E-state index in [2.05, 4.69) is 5.32 Å². The fraction of sp³-hybridized carbons (Fsp3) is 0.533. The molecule has 20 heavy (non-hydrogen) atoms. The third-order valence-corrected chi connectivity index (χ3v) is 3.41. The van der Waals surface area contributed by atoms with E-state index >= 15 is 0 Å². The van der Waals surface area contributed by atoms with Gasteiger partial charge in [-0.05, 0) is 26.0 Å². The third-order valence-electron chi connectivity index (χ3n) is 3.41. The first kappa shape index (κ1) is 14.8. The maximum atomic E-state index is 12.1. The lowest BCUT2D eigenvalue weighted by atomic mass is 10.2. The van der Waals surface area contributed by atoms with Gasteiger partial charge in [-0.3, -0.25) is 4.79 Å². The summed E-state index contributed by atoms with van der Waals surface area (Å²) in [5, 5.41) is 2.91. The van der Waals surface area contributed by atoms with Crippen LogP contribution in [-0.2, 0) is 9.53 Å². The number of methoxy groups -OCH3 is 1. The SMILES string of the molecule is COc1ccccc1NC(=O)C[NH+]1C[C@H](C)O[C@@H](C)C1. The van der Waals surface area contributed by atoms with Gasteiger partial charge in [-0.2, -0.15) is 0 Å². The van der Waals surface area contributed by atoms with Crippen molar-refractivity contribution in [3.05, 3.63) is 24.3 Å². The number of hydrogen-bond donors (Lipinski definition) is 2. The predicted octanol–water partition coefficient (Wildman–Crippen LogP) is 0.326. The Hall–Kier alpha value is -1.59. The van der Waals surface area contributed by atoms with Crippen LogP contribution in [0.25, 0.3) is 0 Å². The van der Waals surface area contributed by atoms with Crippen LogP contribution in [0.4, 0.5) is 5.69 Å². The number of quaternary nitrogens is 1. The van der Waals surface area contributed by atoms with Crippen LogP contribution in [0.5, 0.6) is 5.75 Å². The maximum absolute atomic E-state index is 12.1. The largest absolute Gasteiger partial charge is 0.495 e. The van der Waals surface area contributed by atoms with Gasteiger partial charge in [0.2, 0.25) is 0 Å². The summed E-state index contributed by atoms with van der Waals surface area (Å²) in [4.78, 5) is 13.4. The Labute approximate surface area is 119 Å². The van der Waals surface area contributed by atoms with E-state index in [1.807, 2.05) is 38.1 Å². The summed E-state index contributed by atoms with van der Waals surface area (Å²) in [6, 6.07) is 7.44. The minimum Gasteiger partial charge on any atom is -0.495 e. The molecule has 0 unspecified atom stereocenters. The molecule has 0 aliphatic carbocycles. The second kappa shape index (κ2) is 6.72. The van der Waals surface area contributed by atoms with E-state index in [1.165, 1.54) is 4.90 Å². The minimum atomic E-state index is 0.00537. The molecule has 0 aromatic heterocycles. The number of amides is 1. The molecule has 5 nitrogen and oxygen atoms in total. The number of ether oxygens (including phenoxy) is 2. The molecule has 1 saturated heterocycles. The topological polar surface area (TPSA) is 52.0 Å². The summed E-state index contributed by atoms with van der Waals surface area (Å²) in [6.07, 6.45) is 0.403. The second-order valence-electron chi connectivity index (χ2n) is 5.34. The molecular formula is C15H23N2O3+. The summed E-state index contributed by atoms with van der Waals surface area (Å²) in [5.74, 6) is 0.686. The second-order valence-corrected chi connectivity index (χ2v) is 5.34. The van der Waals surface area contributed by atoms with E-state index in [-0.39, 0.29) is 18.1 Å². The molecule has 2 N–H and O–H groups in total. The van der Waals surface area contributed by atoms with Gasteiger partial charge in [0.25, 0.3) is 5.91 Å². The fourth-order valence-corrected chi connectivity index (χ4v) is 2.70. The van der Waals surface area contributed by atoms with Crippen molar-refractivity contribution in [3.8, 4) is 5.75 Å². The lowest BCUT2D eigenvalue weighted by Gasteiger charge is -2.31. The molecule has 5 heteroatoms. The lowest BCUT2D eigenvalue weighted by molar-refractivity contribution is -0.907. The van der Waals surface area contributed by atoms with E-state index in [4.69, 9.17) is 9.47 Å². The van der Waals surface area contributed by atoms with Crippen LogP contribution in [0.15, 0.2) is 24.3 Å². The van der Waals surface area contributed by atoms with Gasteiger partial charge in [-0.1, -0.05) is 12.1 Å². The number of benzene rings is 1. The molecule has 1 aliphatic rings. The summed E-state index contributed by atoms with van der Waals surface area (Å²) < 4.78 is 10.9. The Morgan fingerprint density at radius 1 is 1.35 bits per heavy atom. The van der Waals surface area contributed by atoms with Gasteiger partial charge in [0, 0.05) is 0 Å². The maximum Gasteiger partial charge on any atom is 0.279 e. The molecule has 110 valence electrons. The number of morpholine rings is 1. The van der Waals surface area contributed by atoms with Crippen molar-refractivity contribution >= 4 is 11.6 Å². The van der Waals surface area contributed by atoms with Crippen molar-refractivity contribution < 1.29 is 19.2 Å². The van der Waals surface area contributed by atoms with Crippen LogP contribution in [0.3, 0.4) is 0 Å². The van der Waals surface area contributed by atoms with Crippen molar-refractivity contribution in [2.24, 2.45) is 0 Å². The van der Waals surface area contributed by atoms with Crippen molar-refractivity contribution in [2.75, 3.05) is 32.1 Å².